The SMILES string of the molecule is CCC1CCCCC1C(=O)CCc1ccccc1C. The summed E-state index contributed by atoms with van der Waals surface area (Å²) in [5, 5.41) is 0. The van der Waals surface area contributed by atoms with E-state index in [1.807, 2.05) is 0 Å². The molecule has 0 amide bonds. The summed E-state index contributed by atoms with van der Waals surface area (Å²) in [6.07, 6.45) is 7.77. The molecule has 1 aromatic carbocycles. The van der Waals surface area contributed by atoms with E-state index < -0.39 is 0 Å². The number of Topliss-reactive ketones (excluding diaryl/α,β-unsaturated/α-hetero) is 1. The van der Waals surface area contributed by atoms with Crippen molar-refractivity contribution in [2.75, 3.05) is 0 Å². The van der Waals surface area contributed by atoms with Crippen LogP contribution in [0.2, 0.25) is 0 Å². The van der Waals surface area contributed by atoms with Crippen molar-refractivity contribution < 1.29 is 4.79 Å². The zero-order chi connectivity index (χ0) is 13.7. The Morgan fingerprint density at radius 2 is 1.95 bits per heavy atom. The van der Waals surface area contributed by atoms with Gasteiger partial charge in [0.2, 0.25) is 0 Å². The Hall–Kier alpha value is -1.11. The molecule has 2 atom stereocenters. The smallest absolute Gasteiger partial charge is 0.136 e. The van der Waals surface area contributed by atoms with Gasteiger partial charge in [-0.2, -0.15) is 0 Å². The molecule has 0 aromatic heterocycles. The van der Waals surface area contributed by atoms with Crippen LogP contribution in [0.5, 0.6) is 0 Å². The maximum Gasteiger partial charge on any atom is 0.136 e. The number of carbonyl (C=O) groups is 1. The fourth-order valence-corrected chi connectivity index (χ4v) is 3.45. The minimum absolute atomic E-state index is 0.350. The molecule has 0 spiro atoms. The van der Waals surface area contributed by atoms with Crippen LogP contribution in [0.4, 0.5) is 0 Å². The highest BCUT2D eigenvalue weighted by molar-refractivity contribution is 5.81. The normalized spacial score (nSPS) is 23.3. The van der Waals surface area contributed by atoms with E-state index in [4.69, 9.17) is 0 Å². The predicted octanol–water partition coefficient (Wildman–Crippen LogP) is 4.71. The van der Waals surface area contributed by atoms with Gasteiger partial charge in [-0.1, -0.05) is 50.5 Å². The second-order valence-corrected chi connectivity index (χ2v) is 5.95. The van der Waals surface area contributed by atoms with Gasteiger partial charge in [-0.25, -0.2) is 0 Å². The van der Waals surface area contributed by atoms with Crippen LogP contribution in [-0.2, 0) is 11.2 Å². The third kappa shape index (κ3) is 3.68. The summed E-state index contributed by atoms with van der Waals surface area (Å²) in [5.41, 5.74) is 2.64. The molecule has 0 heterocycles. The number of aryl methyl sites for hydroxylation is 2. The molecule has 1 nitrogen and oxygen atoms in total. The van der Waals surface area contributed by atoms with E-state index in [0.717, 1.165) is 19.3 Å². The summed E-state index contributed by atoms with van der Waals surface area (Å²) in [6, 6.07) is 8.42. The fourth-order valence-electron chi connectivity index (χ4n) is 3.45. The summed E-state index contributed by atoms with van der Waals surface area (Å²) in [6.45, 7) is 4.37. The van der Waals surface area contributed by atoms with Gasteiger partial charge in [-0.3, -0.25) is 4.79 Å². The topological polar surface area (TPSA) is 17.1 Å². The molecule has 0 aliphatic heterocycles. The summed E-state index contributed by atoms with van der Waals surface area (Å²) < 4.78 is 0. The minimum atomic E-state index is 0.350. The van der Waals surface area contributed by atoms with Crippen LogP contribution in [0.1, 0.15) is 56.6 Å². The van der Waals surface area contributed by atoms with Crippen LogP contribution in [-0.4, -0.2) is 5.78 Å². The molecule has 1 aliphatic carbocycles. The average molecular weight is 258 g/mol. The third-order valence-electron chi connectivity index (χ3n) is 4.75. The molecule has 0 radical (unpaired) electrons. The van der Waals surface area contributed by atoms with Crippen LogP contribution in [0, 0.1) is 18.8 Å². The van der Waals surface area contributed by atoms with Gasteiger partial charge in [-0.15, -0.1) is 0 Å². The Bertz CT molecular complexity index is 421. The number of rotatable bonds is 5. The monoisotopic (exact) mass is 258 g/mol. The van der Waals surface area contributed by atoms with E-state index >= 15 is 0 Å². The van der Waals surface area contributed by atoms with Gasteiger partial charge in [0.15, 0.2) is 0 Å². The van der Waals surface area contributed by atoms with Gasteiger partial charge in [0.05, 0.1) is 0 Å². The van der Waals surface area contributed by atoms with Crippen molar-refractivity contribution in [3.8, 4) is 0 Å². The van der Waals surface area contributed by atoms with E-state index in [1.165, 1.54) is 36.8 Å². The van der Waals surface area contributed by atoms with E-state index in [2.05, 4.69) is 38.1 Å². The lowest BCUT2D eigenvalue weighted by Crippen LogP contribution is -2.27. The lowest BCUT2D eigenvalue weighted by molar-refractivity contribution is -0.125. The van der Waals surface area contributed by atoms with Crippen molar-refractivity contribution in [1.29, 1.82) is 0 Å². The highest BCUT2D eigenvalue weighted by Crippen LogP contribution is 2.33. The minimum Gasteiger partial charge on any atom is -0.299 e. The first kappa shape index (κ1) is 14.3. The first-order valence-electron chi connectivity index (χ1n) is 7.79. The van der Waals surface area contributed by atoms with Crippen molar-refractivity contribution >= 4 is 5.78 Å². The lowest BCUT2D eigenvalue weighted by Gasteiger charge is -2.29. The van der Waals surface area contributed by atoms with Gasteiger partial charge < -0.3 is 0 Å². The van der Waals surface area contributed by atoms with Gasteiger partial charge in [0, 0.05) is 12.3 Å². The average Bonchev–Trinajstić information content (AvgIpc) is 2.46. The van der Waals surface area contributed by atoms with Crippen molar-refractivity contribution in [3.63, 3.8) is 0 Å². The van der Waals surface area contributed by atoms with Crippen molar-refractivity contribution in [2.24, 2.45) is 11.8 Å². The van der Waals surface area contributed by atoms with Gasteiger partial charge in [-0.05, 0) is 43.2 Å². The maximum atomic E-state index is 12.5. The Morgan fingerprint density at radius 1 is 1.21 bits per heavy atom. The van der Waals surface area contributed by atoms with Crippen LogP contribution >= 0.6 is 0 Å². The number of ketones is 1. The molecule has 19 heavy (non-hydrogen) atoms. The summed E-state index contributed by atoms with van der Waals surface area (Å²) in [7, 11) is 0. The van der Waals surface area contributed by atoms with Crippen LogP contribution in [0.25, 0.3) is 0 Å². The molecular formula is C18H26O. The molecule has 2 rings (SSSR count). The van der Waals surface area contributed by atoms with Gasteiger partial charge in [0.1, 0.15) is 5.78 Å². The molecule has 0 saturated heterocycles. The summed E-state index contributed by atoms with van der Waals surface area (Å²) >= 11 is 0. The molecule has 1 fully saturated rings. The van der Waals surface area contributed by atoms with E-state index in [-0.39, 0.29) is 0 Å². The number of carbonyl (C=O) groups excluding carboxylic acids is 1. The van der Waals surface area contributed by atoms with Crippen molar-refractivity contribution in [1.82, 2.24) is 0 Å². The molecule has 1 aromatic rings. The first-order valence-corrected chi connectivity index (χ1v) is 7.79. The molecule has 1 heteroatoms. The molecular weight excluding hydrogens is 232 g/mol. The molecule has 0 bridgehead atoms. The molecule has 0 N–H and O–H groups in total. The third-order valence-corrected chi connectivity index (χ3v) is 4.75. The second kappa shape index (κ2) is 6.88. The quantitative estimate of drug-likeness (QED) is 0.747. The van der Waals surface area contributed by atoms with Crippen LogP contribution < -0.4 is 0 Å². The molecule has 1 aliphatic rings. The highest BCUT2D eigenvalue weighted by atomic mass is 16.1. The zero-order valence-electron chi connectivity index (χ0n) is 12.3. The van der Waals surface area contributed by atoms with Crippen molar-refractivity contribution in [3.05, 3.63) is 35.4 Å². The zero-order valence-corrected chi connectivity index (χ0v) is 12.3. The second-order valence-electron chi connectivity index (χ2n) is 5.95. The van der Waals surface area contributed by atoms with Crippen molar-refractivity contribution in [2.45, 2.75) is 58.8 Å². The molecule has 2 unspecified atom stereocenters. The van der Waals surface area contributed by atoms with Crippen LogP contribution in [0.15, 0.2) is 24.3 Å². The fraction of sp³-hybridized carbons (Fsp3) is 0.611. The highest BCUT2D eigenvalue weighted by Gasteiger charge is 2.28. The van der Waals surface area contributed by atoms with Gasteiger partial charge >= 0.3 is 0 Å². The van der Waals surface area contributed by atoms with E-state index in [9.17, 15) is 4.79 Å². The summed E-state index contributed by atoms with van der Waals surface area (Å²) in [5.74, 6) is 1.51. The first-order chi connectivity index (χ1) is 9.22. The number of hydrogen-bond donors (Lipinski definition) is 0. The molecule has 1 saturated carbocycles. The Balaban J connectivity index is 1.92. The Kier molecular flexibility index (Phi) is 5.18. The standard InChI is InChI=1S/C18H26O/c1-3-15-9-6-7-11-17(15)18(19)13-12-16-10-5-4-8-14(16)2/h4-5,8,10,15,17H,3,6-7,9,11-13H2,1-2H3. The maximum absolute atomic E-state index is 12.5. The van der Waals surface area contributed by atoms with E-state index in [0.29, 0.717) is 17.6 Å². The Morgan fingerprint density at radius 3 is 2.68 bits per heavy atom. The summed E-state index contributed by atoms with van der Waals surface area (Å²) in [4.78, 5) is 12.5. The molecule has 104 valence electrons. The van der Waals surface area contributed by atoms with Crippen LogP contribution in [0.3, 0.4) is 0 Å². The lowest BCUT2D eigenvalue weighted by atomic mass is 9.74. The van der Waals surface area contributed by atoms with E-state index in [1.54, 1.807) is 0 Å². The number of hydrogen-bond acceptors (Lipinski definition) is 1. The van der Waals surface area contributed by atoms with Gasteiger partial charge in [0.25, 0.3) is 0 Å². The number of benzene rings is 1. The Labute approximate surface area is 117 Å². The predicted molar refractivity (Wildman–Crippen MR) is 80.2 cm³/mol. The largest absolute Gasteiger partial charge is 0.299 e.